The number of ether oxygens (including phenoxy) is 1. The number of Topliss-reactive ketones (excluding diaryl/α,β-unsaturated/α-hetero) is 1. The van der Waals surface area contributed by atoms with E-state index in [1.807, 2.05) is 0 Å². The van der Waals surface area contributed by atoms with Crippen molar-refractivity contribution in [1.29, 1.82) is 0 Å². The number of aromatic nitrogens is 2. The molecule has 0 radical (unpaired) electrons. The lowest BCUT2D eigenvalue weighted by Crippen LogP contribution is -2.36. The largest absolute Gasteiger partial charge is 0.577 e. The van der Waals surface area contributed by atoms with E-state index in [2.05, 4.69) is 14.2 Å². The third-order valence-corrected chi connectivity index (χ3v) is 8.28. The summed E-state index contributed by atoms with van der Waals surface area (Å²) < 4.78 is 141. The number of esters is 1. The van der Waals surface area contributed by atoms with Gasteiger partial charge in [0.25, 0.3) is 0 Å². The van der Waals surface area contributed by atoms with Crippen molar-refractivity contribution in [2.45, 2.75) is 70.2 Å². The molecule has 11 nitrogen and oxygen atoms in total. The topological polar surface area (TPSA) is 184 Å². The minimum Gasteiger partial charge on any atom is -0.577 e. The van der Waals surface area contributed by atoms with Crippen molar-refractivity contribution in [3.05, 3.63) is 71.5 Å². The summed E-state index contributed by atoms with van der Waals surface area (Å²) in [5, 5.41) is 17.2. The summed E-state index contributed by atoms with van der Waals surface area (Å²) >= 11 is 0. The lowest BCUT2D eigenvalue weighted by molar-refractivity contribution is -0.148. The highest BCUT2D eigenvalue weighted by atomic mass is 32.2. The molecule has 2 heterocycles. The van der Waals surface area contributed by atoms with E-state index in [4.69, 9.17) is 14.8 Å². The molecule has 298 valence electrons. The van der Waals surface area contributed by atoms with Crippen LogP contribution in [0.1, 0.15) is 69.3 Å². The average molecular weight is 813 g/mol. The Labute approximate surface area is 301 Å². The lowest BCUT2D eigenvalue weighted by Gasteiger charge is -2.22. The fourth-order valence-electron chi connectivity index (χ4n) is 4.75. The number of carbonyl (C=O) groups is 2. The molecule has 2 unspecified atom stereocenters. The first kappa shape index (κ1) is 49.4. The van der Waals surface area contributed by atoms with Crippen LogP contribution in [0.3, 0.4) is 0 Å². The number of rotatable bonds is 7. The molecule has 0 bridgehead atoms. The molecule has 4 N–H and O–H groups in total. The van der Waals surface area contributed by atoms with Gasteiger partial charge in [-0.25, -0.2) is 0 Å². The molecule has 23 heteroatoms. The Morgan fingerprint density at radius 3 is 1.81 bits per heavy atom. The number of halogens is 9. The summed E-state index contributed by atoms with van der Waals surface area (Å²) in [6, 6.07) is 5.07. The van der Waals surface area contributed by atoms with E-state index >= 15 is 0 Å². The van der Waals surface area contributed by atoms with E-state index < -0.39 is 51.9 Å². The molecule has 0 amide bonds. The molecular weight excluding hydrogens is 777 g/mol. The number of allylic oxidation sites excluding steroid dienone is 4. The van der Waals surface area contributed by atoms with Crippen molar-refractivity contribution >= 4 is 49.9 Å². The number of pyridine rings is 2. The average Bonchev–Trinajstić information content (AvgIpc) is 3.04. The van der Waals surface area contributed by atoms with Crippen molar-refractivity contribution in [3.63, 3.8) is 0 Å². The number of ketones is 1. The third-order valence-electron chi connectivity index (χ3n) is 7.28. The fraction of sp³-hybridized carbons (Fsp3) is 0.467. The Morgan fingerprint density at radius 2 is 1.40 bits per heavy atom. The van der Waals surface area contributed by atoms with Gasteiger partial charge in [0.05, 0.1) is 12.5 Å². The van der Waals surface area contributed by atoms with E-state index in [-0.39, 0.29) is 63.1 Å². The van der Waals surface area contributed by atoms with Crippen LogP contribution in [0.15, 0.2) is 54.6 Å². The molecule has 2 aromatic heterocycles. The maximum absolute atomic E-state index is 12.9. The Hall–Kier alpha value is -3.59. The summed E-state index contributed by atoms with van der Waals surface area (Å²) in [5.74, 6) is -1.13. The van der Waals surface area contributed by atoms with E-state index in [0.29, 0.717) is 37.9 Å². The molecule has 2 atom stereocenters. The Morgan fingerprint density at radius 1 is 0.868 bits per heavy atom. The van der Waals surface area contributed by atoms with Crippen LogP contribution in [0.4, 0.5) is 39.5 Å². The van der Waals surface area contributed by atoms with E-state index in [0.717, 1.165) is 18.5 Å². The number of hydrogen-bond donors (Lipinski definition) is 2. The molecule has 0 aromatic carbocycles. The first-order chi connectivity index (χ1) is 23.5. The molecule has 0 saturated heterocycles. The first-order valence-corrected chi connectivity index (χ1v) is 16.4. The quantitative estimate of drug-likeness (QED) is 0.0935. The lowest BCUT2D eigenvalue weighted by atomic mass is 9.79. The molecule has 2 aliphatic carbocycles. The molecule has 0 spiro atoms. The number of nitrogens with zero attached hydrogens (tertiary/aromatic N) is 2. The van der Waals surface area contributed by atoms with Gasteiger partial charge >= 0.3 is 41.1 Å². The summed E-state index contributed by atoms with van der Waals surface area (Å²) in [7, 11) is -7.75. The van der Waals surface area contributed by atoms with Crippen LogP contribution in [0.25, 0.3) is 5.57 Å². The third kappa shape index (κ3) is 15.0. The van der Waals surface area contributed by atoms with Crippen molar-refractivity contribution in [1.82, 2.24) is 9.97 Å². The maximum Gasteiger partial charge on any atom is 0.534 e. The van der Waals surface area contributed by atoms with Gasteiger partial charge in [0.1, 0.15) is 17.2 Å². The first-order valence-electron chi connectivity index (χ1n) is 15.0. The zero-order chi connectivity index (χ0) is 38.8. The van der Waals surface area contributed by atoms with Crippen LogP contribution in [-0.2, 0) is 41.0 Å². The van der Waals surface area contributed by atoms with Crippen LogP contribution in [0.5, 0.6) is 0 Å². The predicted molar refractivity (Wildman–Crippen MR) is 176 cm³/mol. The molecular formula is C30H36BF9N2O9PS-. The van der Waals surface area contributed by atoms with Crippen molar-refractivity contribution < 1.29 is 82.0 Å². The van der Waals surface area contributed by atoms with Crippen LogP contribution in [-0.4, -0.2) is 64.9 Å². The minimum absolute atomic E-state index is 0. The van der Waals surface area contributed by atoms with Crippen molar-refractivity contribution in [2.75, 3.05) is 6.61 Å². The highest BCUT2D eigenvalue weighted by Crippen LogP contribution is 2.38. The van der Waals surface area contributed by atoms with Crippen LogP contribution >= 0.6 is 9.90 Å². The monoisotopic (exact) mass is 813 g/mol. The van der Waals surface area contributed by atoms with Gasteiger partial charge in [-0.15, -0.1) is 0 Å². The molecule has 0 fully saturated rings. The fourth-order valence-corrected chi connectivity index (χ4v) is 5.28. The van der Waals surface area contributed by atoms with Gasteiger partial charge in [0.15, 0.2) is 5.69 Å². The molecule has 0 aliphatic heterocycles. The van der Waals surface area contributed by atoms with E-state index in [9.17, 15) is 57.5 Å². The van der Waals surface area contributed by atoms with Gasteiger partial charge in [-0.1, -0.05) is 18.2 Å². The number of alkyl halides is 9. The predicted octanol–water partition coefficient (Wildman–Crippen LogP) is 5.25. The van der Waals surface area contributed by atoms with Crippen molar-refractivity contribution in [2.24, 2.45) is 11.8 Å². The Balaban J connectivity index is 0.000000772. The summed E-state index contributed by atoms with van der Waals surface area (Å²) in [6.45, 7) is 3.43. The van der Waals surface area contributed by atoms with Crippen LogP contribution in [0.2, 0.25) is 0 Å². The highest BCUT2D eigenvalue weighted by molar-refractivity contribution is 7.87. The second-order valence-corrected chi connectivity index (χ2v) is 12.4. The molecule has 4 rings (SSSR count). The molecule has 53 heavy (non-hydrogen) atoms. The zero-order valence-electron chi connectivity index (χ0n) is 27.9. The second-order valence-electron chi connectivity index (χ2n) is 10.9. The Kier molecular flexibility index (Phi) is 19.4. The van der Waals surface area contributed by atoms with Crippen LogP contribution < -0.4 is 5.46 Å². The standard InChI is InChI=1S/C15H16F3NO2.C9H11F3O4S.C6H5BF3NO2.H2O.H2P/c1-2-21-14(20)11-7-5-10(6-8-11)12-4-3-9-19-13(12)15(16,17)18;1-6(13)7-2-4-8(5-3-7)16-17(14,15)9(10,11)12;8-6(9,10)5-4(7(12)13)2-1-3-11-5;;/h3-5,9,11H,2,6-8H2,1H3;4,7H,2-3,5H2,1H3;1-3,12-13H;2*1H2/q;;;;-1. The smallest absolute Gasteiger partial charge is 0.534 e. The van der Waals surface area contributed by atoms with Crippen LogP contribution in [0, 0.1) is 11.8 Å². The van der Waals surface area contributed by atoms with Crippen molar-refractivity contribution in [3.8, 4) is 0 Å². The summed E-state index contributed by atoms with van der Waals surface area (Å²) in [6.07, 6.45) is -2.32. The van der Waals surface area contributed by atoms with E-state index in [1.165, 1.54) is 31.2 Å². The summed E-state index contributed by atoms with van der Waals surface area (Å²) in [4.78, 5) is 29.1. The number of hydrogen-bond acceptors (Lipinski definition) is 10. The Bertz CT molecular complexity index is 1690. The summed E-state index contributed by atoms with van der Waals surface area (Å²) in [5.41, 5.74) is -7.51. The molecule has 2 aromatic rings. The number of carbonyl (C=O) groups excluding carboxylic acids is 2. The van der Waals surface area contributed by atoms with Gasteiger partial charge in [0, 0.05) is 35.8 Å². The highest BCUT2D eigenvalue weighted by Gasteiger charge is 2.49. The van der Waals surface area contributed by atoms with Gasteiger partial charge in [-0.3, -0.25) is 19.6 Å². The van der Waals surface area contributed by atoms with Gasteiger partial charge < -0.3 is 34.3 Å². The minimum atomic E-state index is -5.59. The van der Waals surface area contributed by atoms with Gasteiger partial charge in [-0.05, 0) is 69.7 Å². The second kappa shape index (κ2) is 20.8. The molecule has 2 aliphatic rings. The normalized spacial score (nSPS) is 17.4. The van der Waals surface area contributed by atoms with Gasteiger partial charge in [0.2, 0.25) is 0 Å². The maximum atomic E-state index is 12.9. The molecule has 0 saturated carbocycles. The van der Waals surface area contributed by atoms with Gasteiger partial charge in [-0.2, -0.15) is 47.9 Å². The SMILES string of the molecule is CC(=O)C1CC=C(OS(=O)(=O)C(F)(F)F)CC1.CCOC(=O)C1CC=C(c2cccnc2C(F)(F)F)CC1.O.OB(O)c1cccnc1C(F)(F)F.[PH2-]. The van der Waals surface area contributed by atoms with E-state index in [1.54, 1.807) is 13.0 Å². The zero-order valence-corrected chi connectivity index (χ0v) is 29.9.